The summed E-state index contributed by atoms with van der Waals surface area (Å²) in [6.45, 7) is 9.61. The van der Waals surface area contributed by atoms with Gasteiger partial charge in [0.05, 0.1) is 32.9 Å². The topological polar surface area (TPSA) is 89.9 Å². The number of pyridine rings is 1. The third kappa shape index (κ3) is 4.50. The van der Waals surface area contributed by atoms with Gasteiger partial charge in [0, 0.05) is 18.2 Å². The Kier molecular flexibility index (Phi) is 6.61. The molecule has 11 heteroatoms. The monoisotopic (exact) mass is 511 g/mol. The van der Waals surface area contributed by atoms with Crippen molar-refractivity contribution in [3.8, 4) is 0 Å². The van der Waals surface area contributed by atoms with Crippen molar-refractivity contribution in [2.45, 2.75) is 69.5 Å². The lowest BCUT2D eigenvalue weighted by atomic mass is 10.0. The molecular formula is C23H27ClFN3O5S. The lowest BCUT2D eigenvalue weighted by Gasteiger charge is -2.33. The highest BCUT2D eigenvalue weighted by Gasteiger charge is 2.37. The molecule has 2 atom stereocenters. The van der Waals surface area contributed by atoms with Crippen LogP contribution in [0.15, 0.2) is 15.9 Å². The number of hydroxylamine groups is 2. The molecule has 3 heterocycles. The number of thioether (sulfide) groups is 1. The molecule has 1 aromatic heterocycles. The van der Waals surface area contributed by atoms with E-state index in [1.165, 1.54) is 22.9 Å². The molecule has 1 fully saturated rings. The van der Waals surface area contributed by atoms with E-state index in [2.05, 4.69) is 5.32 Å². The second-order valence-corrected chi connectivity index (χ2v) is 11.1. The first kappa shape index (κ1) is 24.8. The third-order valence-corrected chi connectivity index (χ3v) is 7.19. The maximum atomic E-state index is 14.6. The number of carbonyl (C=O) groups is 2. The second-order valence-electron chi connectivity index (χ2n) is 9.39. The predicted molar refractivity (Wildman–Crippen MR) is 128 cm³/mol. The van der Waals surface area contributed by atoms with Gasteiger partial charge in [-0.1, -0.05) is 30.3 Å². The van der Waals surface area contributed by atoms with Gasteiger partial charge in [0.25, 0.3) is 0 Å². The van der Waals surface area contributed by atoms with Crippen LogP contribution in [0.3, 0.4) is 0 Å². The Morgan fingerprint density at radius 3 is 2.68 bits per heavy atom. The van der Waals surface area contributed by atoms with Crippen LogP contribution in [0.2, 0.25) is 5.02 Å². The van der Waals surface area contributed by atoms with Crippen molar-refractivity contribution in [1.82, 2.24) is 14.9 Å². The summed E-state index contributed by atoms with van der Waals surface area (Å²) >= 11 is 7.68. The number of nitrogens with zero attached hydrogens (tertiary/aromatic N) is 2. The molecular weight excluding hydrogens is 485 g/mol. The molecule has 0 spiro atoms. The quantitative estimate of drug-likeness (QED) is 0.639. The Balaban J connectivity index is 1.60. The maximum absolute atomic E-state index is 14.6. The average Bonchev–Trinajstić information content (AvgIpc) is 3.13. The van der Waals surface area contributed by atoms with Gasteiger partial charge in [0.2, 0.25) is 5.43 Å². The van der Waals surface area contributed by atoms with Gasteiger partial charge in [-0.25, -0.2) is 14.0 Å². The van der Waals surface area contributed by atoms with Gasteiger partial charge in [-0.15, -0.1) is 5.06 Å². The minimum absolute atomic E-state index is 0.0773. The number of fused-ring (bicyclic) bond motifs is 3. The third-order valence-electron chi connectivity index (χ3n) is 5.72. The summed E-state index contributed by atoms with van der Waals surface area (Å²) < 4.78 is 21.7. The summed E-state index contributed by atoms with van der Waals surface area (Å²) in [5, 5.41) is 4.79. The van der Waals surface area contributed by atoms with E-state index in [0.717, 1.165) is 0 Å². The molecule has 1 N–H and O–H groups in total. The number of nitrogens with one attached hydrogen (secondary N) is 1. The minimum atomic E-state index is -0.810. The Bertz CT molecular complexity index is 1240. The number of hydrogen-bond acceptors (Lipinski definition) is 7. The van der Waals surface area contributed by atoms with E-state index in [1.807, 2.05) is 6.92 Å². The van der Waals surface area contributed by atoms with Gasteiger partial charge in [-0.05, 0) is 46.6 Å². The number of amides is 1. The lowest BCUT2D eigenvalue weighted by Crippen LogP contribution is -2.41. The van der Waals surface area contributed by atoms with Crippen LogP contribution in [0, 0.1) is 5.82 Å². The van der Waals surface area contributed by atoms with Crippen molar-refractivity contribution in [2.24, 2.45) is 0 Å². The van der Waals surface area contributed by atoms with Crippen LogP contribution in [0.4, 0.5) is 9.18 Å². The number of benzene rings is 1. The van der Waals surface area contributed by atoms with E-state index >= 15 is 0 Å². The van der Waals surface area contributed by atoms with Gasteiger partial charge in [0.1, 0.15) is 17.0 Å². The number of halogens is 2. The first-order valence-corrected chi connectivity index (χ1v) is 12.4. The number of hydrogen-bond donors (Lipinski definition) is 1. The fourth-order valence-corrected chi connectivity index (χ4v) is 5.71. The van der Waals surface area contributed by atoms with Gasteiger partial charge in [-0.3, -0.25) is 4.79 Å². The van der Waals surface area contributed by atoms with Crippen LogP contribution in [0.25, 0.3) is 10.9 Å². The fraction of sp³-hybridized carbons (Fsp3) is 0.522. The zero-order valence-electron chi connectivity index (χ0n) is 19.7. The highest BCUT2D eigenvalue weighted by Crippen LogP contribution is 2.48. The molecule has 2 aliphatic heterocycles. The molecule has 4 rings (SSSR count). The number of aromatic nitrogens is 1. The molecule has 8 nitrogen and oxygen atoms in total. The zero-order valence-corrected chi connectivity index (χ0v) is 21.2. The molecule has 1 amide bonds. The Morgan fingerprint density at radius 2 is 2.06 bits per heavy atom. The summed E-state index contributed by atoms with van der Waals surface area (Å²) in [5.74, 6) is -1.39. The van der Waals surface area contributed by atoms with E-state index in [1.54, 1.807) is 32.3 Å². The molecule has 2 aliphatic rings. The van der Waals surface area contributed by atoms with Gasteiger partial charge in [-0.2, -0.15) is 0 Å². The number of rotatable bonds is 4. The predicted octanol–water partition coefficient (Wildman–Crippen LogP) is 4.65. The smallest absolute Gasteiger partial charge is 0.407 e. The Hall–Kier alpha value is -2.30. The van der Waals surface area contributed by atoms with E-state index in [0.29, 0.717) is 23.5 Å². The number of carbonyl (C=O) groups excluding carboxylic acids is 2. The second kappa shape index (κ2) is 9.05. The number of ether oxygens (including phenoxy) is 1. The van der Waals surface area contributed by atoms with Crippen LogP contribution < -0.4 is 10.7 Å². The molecule has 0 radical (unpaired) electrons. The fourth-order valence-electron chi connectivity index (χ4n) is 4.29. The number of alkyl carbamates (subject to hydrolysis) is 1. The summed E-state index contributed by atoms with van der Waals surface area (Å²) in [5.41, 5.74) is -0.683. The minimum Gasteiger partial charge on any atom is -0.444 e. The van der Waals surface area contributed by atoms with E-state index in [9.17, 15) is 18.8 Å². The molecule has 2 aromatic rings. The number of aryl methyl sites for hydroxylation is 1. The molecule has 0 aliphatic carbocycles. The van der Waals surface area contributed by atoms with Crippen LogP contribution in [-0.4, -0.2) is 46.4 Å². The highest BCUT2D eigenvalue weighted by molar-refractivity contribution is 8.00. The SMILES string of the molecule is CCc1c(F)cc(Cl)c2c1c(=O)c(C(=O)ON1CC[C@@H](NC(=O)OC(C)(C)C)C1)c1n2C(C)S1. The highest BCUT2D eigenvalue weighted by atomic mass is 35.5. The van der Waals surface area contributed by atoms with E-state index < -0.39 is 28.9 Å². The maximum Gasteiger partial charge on any atom is 0.407 e. The van der Waals surface area contributed by atoms with Crippen molar-refractivity contribution in [3.63, 3.8) is 0 Å². The summed E-state index contributed by atoms with van der Waals surface area (Å²) in [4.78, 5) is 44.1. The Morgan fingerprint density at radius 1 is 1.35 bits per heavy atom. The average molecular weight is 512 g/mol. The van der Waals surface area contributed by atoms with Gasteiger partial charge < -0.3 is 19.5 Å². The molecule has 1 unspecified atom stereocenters. The molecule has 1 aromatic carbocycles. The van der Waals surface area contributed by atoms with Crippen LogP contribution >= 0.6 is 23.4 Å². The van der Waals surface area contributed by atoms with Crippen LogP contribution in [-0.2, 0) is 16.0 Å². The summed E-state index contributed by atoms with van der Waals surface area (Å²) in [6.07, 6.45) is 0.276. The van der Waals surface area contributed by atoms with Crippen molar-refractivity contribution in [3.05, 3.63) is 38.3 Å². The lowest BCUT2D eigenvalue weighted by molar-refractivity contribution is -0.0944. The normalized spacial score (nSPS) is 20.1. The van der Waals surface area contributed by atoms with Gasteiger partial charge >= 0.3 is 12.1 Å². The van der Waals surface area contributed by atoms with E-state index in [-0.39, 0.29) is 45.9 Å². The summed E-state index contributed by atoms with van der Waals surface area (Å²) in [7, 11) is 0. The van der Waals surface area contributed by atoms with Crippen molar-refractivity contribution in [1.29, 1.82) is 0 Å². The van der Waals surface area contributed by atoms with Crippen molar-refractivity contribution in [2.75, 3.05) is 13.1 Å². The van der Waals surface area contributed by atoms with Crippen LogP contribution in [0.5, 0.6) is 0 Å². The van der Waals surface area contributed by atoms with Gasteiger partial charge in [0.15, 0.2) is 0 Å². The molecule has 0 saturated carbocycles. The summed E-state index contributed by atoms with van der Waals surface area (Å²) in [6, 6.07) is 0.947. The zero-order chi connectivity index (χ0) is 24.9. The van der Waals surface area contributed by atoms with Crippen molar-refractivity contribution < 1.29 is 23.6 Å². The van der Waals surface area contributed by atoms with E-state index in [4.69, 9.17) is 21.2 Å². The molecule has 184 valence electrons. The molecule has 0 bridgehead atoms. The first-order valence-electron chi connectivity index (χ1n) is 11.1. The largest absolute Gasteiger partial charge is 0.444 e. The molecule has 34 heavy (non-hydrogen) atoms. The van der Waals surface area contributed by atoms with Crippen LogP contribution in [0.1, 0.15) is 62.3 Å². The molecule has 1 saturated heterocycles. The Labute approximate surface area is 205 Å². The standard InChI is InChI=1S/C23H27ClFN3O5S/c1-6-13-15(25)9-14(24)18-16(13)19(29)17(20-28(18)11(2)34-20)21(30)33-27-8-7-12(10-27)26-22(31)32-23(3,4)5/h9,11-12H,6-8,10H2,1-5H3,(H,26,31)/t11?,12-/m1/s1. The first-order chi connectivity index (χ1) is 15.9. The van der Waals surface area contributed by atoms with Crippen molar-refractivity contribution >= 4 is 46.3 Å².